The SMILES string of the molecule is CC/C=C\C/C=C\C/C=C\C/C=C\C/C=C\C/C=C\C/C=C\CCCCCCOCC(COC1OC(COC2OC(CO)C(O)C(O)C2O)C(O)C(O)C1O)OC(=O)CCCCCCCCCCC/C=C\C/C=C\CCCCCCC. The number of aliphatic hydroxyl groups excluding tert-OH is 7. The molecule has 11 atom stereocenters. The Hall–Kier alpha value is -3.35. The van der Waals surface area contributed by atoms with Gasteiger partial charge in [0.15, 0.2) is 12.6 Å². The maximum absolute atomic E-state index is 13.1. The number of esters is 1. The number of unbranched alkanes of at least 4 members (excludes halogenated alkanes) is 18. The van der Waals surface area contributed by atoms with Crippen molar-refractivity contribution in [2.75, 3.05) is 33.0 Å². The Morgan fingerprint density at radius 1 is 0.420 bits per heavy atom. The van der Waals surface area contributed by atoms with E-state index < -0.39 is 86.7 Å². The van der Waals surface area contributed by atoms with Crippen LogP contribution in [0.25, 0.3) is 0 Å². The van der Waals surface area contributed by atoms with E-state index in [1.165, 1.54) is 70.6 Å². The van der Waals surface area contributed by atoms with Gasteiger partial charge in [0.05, 0.1) is 26.4 Å². The van der Waals surface area contributed by atoms with Gasteiger partial charge in [-0.25, -0.2) is 0 Å². The van der Waals surface area contributed by atoms with Gasteiger partial charge >= 0.3 is 5.97 Å². The molecule has 2 rings (SSSR count). The summed E-state index contributed by atoms with van der Waals surface area (Å²) in [5.41, 5.74) is 0. The molecule has 11 unspecified atom stereocenters. The molecule has 0 bridgehead atoms. The molecule has 81 heavy (non-hydrogen) atoms. The second-order valence-electron chi connectivity index (χ2n) is 21.5. The Labute approximate surface area is 489 Å². The Balaban J connectivity index is 1.71. The number of aliphatic hydroxyl groups is 7. The Morgan fingerprint density at radius 3 is 1.26 bits per heavy atom. The van der Waals surface area contributed by atoms with Gasteiger partial charge in [0.25, 0.3) is 0 Å². The molecule has 0 aromatic carbocycles. The molecule has 0 aromatic rings. The first kappa shape index (κ1) is 73.8. The molecular weight excluding hydrogens is 1030 g/mol. The highest BCUT2D eigenvalue weighted by Gasteiger charge is 2.47. The topological polar surface area (TPSA) is 214 Å². The van der Waals surface area contributed by atoms with Gasteiger partial charge in [-0.05, 0) is 103 Å². The van der Waals surface area contributed by atoms with Crippen molar-refractivity contribution in [3.63, 3.8) is 0 Å². The molecule has 2 aliphatic rings. The van der Waals surface area contributed by atoms with Crippen LogP contribution in [-0.4, -0.2) is 142 Å². The average molecular weight is 1140 g/mol. The second kappa shape index (κ2) is 52.2. The first-order valence-electron chi connectivity index (χ1n) is 31.5. The van der Waals surface area contributed by atoms with E-state index in [0.29, 0.717) is 13.0 Å². The normalized spacial score (nSPS) is 24.5. The zero-order chi connectivity index (χ0) is 58.6. The summed E-state index contributed by atoms with van der Waals surface area (Å²) in [7, 11) is 0. The lowest BCUT2D eigenvalue weighted by atomic mass is 9.98. The molecule has 2 heterocycles. The Kier molecular flexibility index (Phi) is 47.5. The van der Waals surface area contributed by atoms with Gasteiger partial charge in [-0.1, -0.05) is 207 Å². The third kappa shape index (κ3) is 38.3. The van der Waals surface area contributed by atoms with Crippen molar-refractivity contribution in [1.29, 1.82) is 0 Å². The highest BCUT2D eigenvalue weighted by atomic mass is 16.7. The summed E-state index contributed by atoms with van der Waals surface area (Å²) in [6, 6.07) is 0. The molecule has 0 saturated carbocycles. The predicted octanol–water partition coefficient (Wildman–Crippen LogP) is 12.3. The molecule has 2 aliphatic heterocycles. The average Bonchev–Trinajstić information content (AvgIpc) is 3.60. The second-order valence-corrected chi connectivity index (χ2v) is 21.5. The van der Waals surface area contributed by atoms with E-state index in [9.17, 15) is 40.5 Å². The molecule has 0 aliphatic carbocycles. The molecule has 2 fully saturated rings. The first-order valence-corrected chi connectivity index (χ1v) is 31.5. The summed E-state index contributed by atoms with van der Waals surface area (Å²) < 4.78 is 34.4. The van der Waals surface area contributed by atoms with Crippen molar-refractivity contribution in [3.8, 4) is 0 Å². The summed E-state index contributed by atoms with van der Waals surface area (Å²) in [6.07, 6.45) is 55.7. The molecule has 2 saturated heterocycles. The van der Waals surface area contributed by atoms with Gasteiger partial charge in [-0.2, -0.15) is 0 Å². The van der Waals surface area contributed by atoms with Crippen LogP contribution in [0.5, 0.6) is 0 Å². The van der Waals surface area contributed by atoms with Crippen LogP contribution in [0.2, 0.25) is 0 Å². The van der Waals surface area contributed by atoms with Crippen molar-refractivity contribution >= 4 is 5.97 Å². The fourth-order valence-electron chi connectivity index (χ4n) is 9.24. The lowest BCUT2D eigenvalue weighted by Crippen LogP contribution is -2.61. The lowest BCUT2D eigenvalue weighted by molar-refractivity contribution is -0.332. The number of allylic oxidation sites excluding steroid dienone is 18. The van der Waals surface area contributed by atoms with Crippen LogP contribution in [-0.2, 0) is 33.2 Å². The minimum Gasteiger partial charge on any atom is -0.457 e. The summed E-state index contributed by atoms with van der Waals surface area (Å²) in [5, 5.41) is 72.5. The number of carbonyl (C=O) groups excluding carboxylic acids is 1. The highest BCUT2D eigenvalue weighted by molar-refractivity contribution is 5.69. The number of ether oxygens (including phenoxy) is 6. The van der Waals surface area contributed by atoms with Gasteiger partial charge in [-0.3, -0.25) is 4.79 Å². The smallest absolute Gasteiger partial charge is 0.306 e. The molecule has 14 nitrogen and oxygen atoms in total. The van der Waals surface area contributed by atoms with Crippen molar-refractivity contribution in [2.45, 2.75) is 274 Å². The minimum atomic E-state index is -1.72. The molecule has 7 N–H and O–H groups in total. The standard InChI is InChI=1S/C67H112O14/c1-3-5-7-9-11-13-15-17-19-21-23-25-26-27-28-29-31-33-35-37-39-41-43-45-47-49-51-76-53-56(54-77-66-65(75)63(73)61(71)58(81-66)55-78-67-64(74)62(72)60(70)57(52-68)80-67)79-59(69)50-48-46-44-42-40-38-36-34-32-30-24-22-20-18-16-14-12-10-8-6-4-2/h5,7,11,13,16-19,22-25,27-28,31,33,37,39,56-58,60-68,70-75H,3-4,6,8-10,12,14-15,20-21,26,29-30,32,34-36,38,40-55H2,1-2H3/b7-5-,13-11-,18-16-,19-17-,24-22-,25-23-,28-27-,33-31-,39-37-. The van der Waals surface area contributed by atoms with E-state index in [1.807, 2.05) is 0 Å². The molecular formula is C67H112O14. The van der Waals surface area contributed by atoms with Crippen LogP contribution in [0, 0.1) is 0 Å². The van der Waals surface area contributed by atoms with Gasteiger partial charge in [-0.15, -0.1) is 0 Å². The maximum Gasteiger partial charge on any atom is 0.306 e. The first-order chi connectivity index (χ1) is 39.6. The largest absolute Gasteiger partial charge is 0.457 e. The van der Waals surface area contributed by atoms with Crippen LogP contribution in [0.3, 0.4) is 0 Å². The van der Waals surface area contributed by atoms with Crippen molar-refractivity contribution in [2.24, 2.45) is 0 Å². The highest BCUT2D eigenvalue weighted by Crippen LogP contribution is 2.27. The van der Waals surface area contributed by atoms with Gasteiger partial charge in [0.2, 0.25) is 0 Å². The molecule has 14 heteroatoms. The summed E-state index contributed by atoms with van der Waals surface area (Å²) in [5.74, 6) is -0.393. The lowest BCUT2D eigenvalue weighted by Gasteiger charge is -2.42. The maximum atomic E-state index is 13.1. The third-order valence-corrected chi connectivity index (χ3v) is 14.3. The van der Waals surface area contributed by atoms with Crippen molar-refractivity contribution < 1.29 is 69.0 Å². The zero-order valence-electron chi connectivity index (χ0n) is 50.0. The quantitative estimate of drug-likeness (QED) is 0.0172. The van der Waals surface area contributed by atoms with Gasteiger partial charge in [0, 0.05) is 13.0 Å². The van der Waals surface area contributed by atoms with E-state index in [4.69, 9.17) is 28.4 Å². The monoisotopic (exact) mass is 1140 g/mol. The minimum absolute atomic E-state index is 0.0354. The third-order valence-electron chi connectivity index (χ3n) is 14.3. The predicted molar refractivity (Wildman–Crippen MR) is 325 cm³/mol. The fourth-order valence-corrected chi connectivity index (χ4v) is 9.24. The number of carbonyl (C=O) groups is 1. The van der Waals surface area contributed by atoms with Gasteiger partial charge < -0.3 is 64.2 Å². The van der Waals surface area contributed by atoms with E-state index in [1.54, 1.807) is 0 Å². The Morgan fingerprint density at radius 2 is 0.802 bits per heavy atom. The molecule has 464 valence electrons. The summed E-state index contributed by atoms with van der Waals surface area (Å²) in [4.78, 5) is 13.1. The summed E-state index contributed by atoms with van der Waals surface area (Å²) in [6.45, 7) is 3.49. The van der Waals surface area contributed by atoms with Crippen molar-refractivity contribution in [1.82, 2.24) is 0 Å². The number of hydrogen-bond donors (Lipinski definition) is 7. The van der Waals surface area contributed by atoms with Gasteiger partial charge in [0.1, 0.15) is 54.9 Å². The van der Waals surface area contributed by atoms with Crippen LogP contribution >= 0.6 is 0 Å². The molecule has 0 aromatic heterocycles. The molecule has 0 radical (unpaired) electrons. The van der Waals surface area contributed by atoms with E-state index >= 15 is 0 Å². The van der Waals surface area contributed by atoms with Crippen LogP contribution in [0.1, 0.15) is 206 Å². The fraction of sp³-hybridized carbons (Fsp3) is 0.716. The van der Waals surface area contributed by atoms with Crippen LogP contribution in [0.4, 0.5) is 0 Å². The Bertz CT molecular complexity index is 1750. The molecule has 0 spiro atoms. The summed E-state index contributed by atoms with van der Waals surface area (Å²) >= 11 is 0. The van der Waals surface area contributed by atoms with E-state index in [-0.39, 0.29) is 19.6 Å². The van der Waals surface area contributed by atoms with Crippen molar-refractivity contribution in [3.05, 3.63) is 109 Å². The van der Waals surface area contributed by atoms with Crippen LogP contribution < -0.4 is 0 Å². The van der Waals surface area contributed by atoms with Crippen LogP contribution in [0.15, 0.2) is 109 Å². The van der Waals surface area contributed by atoms with E-state index in [2.05, 4.69) is 123 Å². The number of rotatable bonds is 50. The molecule has 0 amide bonds. The zero-order valence-corrected chi connectivity index (χ0v) is 50.0. The number of hydrogen-bond acceptors (Lipinski definition) is 14. The van der Waals surface area contributed by atoms with E-state index in [0.717, 1.165) is 109 Å².